The molecule has 1 aliphatic carbocycles. The molecule has 9 aromatic carbocycles. The van der Waals surface area contributed by atoms with Gasteiger partial charge in [0.25, 0.3) is 0 Å². The smallest absolute Gasteiger partial charge is 0.0541 e. The Hall–Kier alpha value is -6.44. The van der Waals surface area contributed by atoms with Crippen molar-refractivity contribution in [2.24, 2.45) is 0 Å². The van der Waals surface area contributed by atoms with E-state index in [1.807, 2.05) is 0 Å². The number of hydrogen-bond donors (Lipinski definition) is 0. The molecular weight excluding hydrogens is 603 g/mol. The van der Waals surface area contributed by atoms with E-state index in [1.54, 1.807) is 0 Å². The highest BCUT2D eigenvalue weighted by molar-refractivity contribution is 6.25. The highest BCUT2D eigenvalue weighted by Crippen LogP contribution is 2.43. The molecule has 0 radical (unpaired) electrons. The minimum absolute atomic E-state index is 0.981. The first-order chi connectivity index (χ1) is 24.8. The molecule has 0 bridgehead atoms. The molecule has 1 heteroatoms. The number of benzene rings is 9. The van der Waals surface area contributed by atoms with Crippen molar-refractivity contribution in [3.63, 3.8) is 0 Å². The predicted octanol–water partition coefficient (Wildman–Crippen LogP) is 13.1. The summed E-state index contributed by atoms with van der Waals surface area (Å²) in [5.74, 6) is 0. The molecule has 1 aliphatic rings. The fourth-order valence-corrected chi connectivity index (χ4v) is 8.76. The van der Waals surface area contributed by atoms with Gasteiger partial charge in [-0.1, -0.05) is 140 Å². The summed E-state index contributed by atoms with van der Waals surface area (Å²) in [4.78, 5) is 0. The number of nitrogens with zero attached hydrogens (tertiary/aromatic N) is 1. The van der Waals surface area contributed by atoms with Crippen molar-refractivity contribution in [2.45, 2.75) is 6.42 Å². The lowest BCUT2D eigenvalue weighted by Crippen LogP contribution is -1.94. The van der Waals surface area contributed by atoms with Gasteiger partial charge < -0.3 is 4.57 Å². The van der Waals surface area contributed by atoms with Crippen molar-refractivity contribution in [1.82, 2.24) is 4.57 Å². The number of rotatable bonds is 3. The first-order valence-corrected chi connectivity index (χ1v) is 17.5. The van der Waals surface area contributed by atoms with Crippen molar-refractivity contribution in [3.05, 3.63) is 187 Å². The zero-order chi connectivity index (χ0) is 32.8. The van der Waals surface area contributed by atoms with Crippen LogP contribution in [0.25, 0.3) is 93.2 Å². The van der Waals surface area contributed by atoms with E-state index in [0.29, 0.717) is 0 Å². The van der Waals surface area contributed by atoms with Crippen LogP contribution in [0.4, 0.5) is 0 Å². The molecule has 10 aromatic rings. The molecule has 0 saturated carbocycles. The molecule has 1 aromatic heterocycles. The molecule has 1 heterocycles. The molecule has 0 amide bonds. The van der Waals surface area contributed by atoms with Gasteiger partial charge in [-0.2, -0.15) is 0 Å². The molecule has 11 rings (SSSR count). The minimum Gasteiger partial charge on any atom is -0.309 e. The maximum atomic E-state index is 2.44. The van der Waals surface area contributed by atoms with Crippen LogP contribution in [0.5, 0.6) is 0 Å². The Morgan fingerprint density at radius 3 is 1.70 bits per heavy atom. The first kappa shape index (κ1) is 27.5. The number of aromatic nitrogens is 1. The third-order valence-corrected chi connectivity index (χ3v) is 11.0. The van der Waals surface area contributed by atoms with E-state index < -0.39 is 0 Å². The van der Waals surface area contributed by atoms with Crippen LogP contribution in [0.15, 0.2) is 176 Å². The molecule has 0 unspecified atom stereocenters. The Balaban J connectivity index is 1.07. The van der Waals surface area contributed by atoms with E-state index in [0.717, 1.165) is 6.42 Å². The average molecular weight is 634 g/mol. The third kappa shape index (κ3) is 3.95. The SMILES string of the molecule is c1cc(-c2ccc3c4ccccc4c4ccccc4c3c2)cc(-n2c3ccccc3c3cc(-c4cccc5c4Cc4ccccc4-5)ccc32)c1. The van der Waals surface area contributed by atoms with E-state index in [2.05, 4.69) is 180 Å². The van der Waals surface area contributed by atoms with E-state index in [-0.39, 0.29) is 0 Å². The zero-order valence-electron chi connectivity index (χ0n) is 27.4. The van der Waals surface area contributed by atoms with E-state index in [1.165, 1.54) is 104 Å². The summed E-state index contributed by atoms with van der Waals surface area (Å²) in [6.07, 6.45) is 0.981. The molecule has 0 atom stereocenters. The van der Waals surface area contributed by atoms with Crippen molar-refractivity contribution < 1.29 is 0 Å². The molecule has 0 spiro atoms. The van der Waals surface area contributed by atoms with Gasteiger partial charge in [-0.25, -0.2) is 0 Å². The van der Waals surface area contributed by atoms with Crippen molar-refractivity contribution in [1.29, 1.82) is 0 Å². The Labute approximate surface area is 290 Å². The normalized spacial score (nSPS) is 12.3. The molecular formula is C49H31N. The second-order valence-electron chi connectivity index (χ2n) is 13.7. The predicted molar refractivity (Wildman–Crippen MR) is 212 cm³/mol. The van der Waals surface area contributed by atoms with Gasteiger partial charge in [0.2, 0.25) is 0 Å². The van der Waals surface area contributed by atoms with Crippen LogP contribution in [-0.4, -0.2) is 4.57 Å². The largest absolute Gasteiger partial charge is 0.309 e. The van der Waals surface area contributed by atoms with Gasteiger partial charge in [0, 0.05) is 16.5 Å². The van der Waals surface area contributed by atoms with Gasteiger partial charge in [0.15, 0.2) is 0 Å². The lowest BCUT2D eigenvalue weighted by Gasteiger charge is -2.13. The quantitative estimate of drug-likeness (QED) is 0.171. The van der Waals surface area contributed by atoms with Crippen molar-refractivity contribution in [3.8, 4) is 39.1 Å². The lowest BCUT2D eigenvalue weighted by atomic mass is 9.92. The monoisotopic (exact) mass is 633 g/mol. The first-order valence-electron chi connectivity index (χ1n) is 17.5. The molecule has 1 nitrogen and oxygen atoms in total. The summed E-state index contributed by atoms with van der Waals surface area (Å²) in [6.45, 7) is 0. The van der Waals surface area contributed by atoms with E-state index in [4.69, 9.17) is 0 Å². The summed E-state index contributed by atoms with van der Waals surface area (Å²) in [6, 6.07) is 65.2. The average Bonchev–Trinajstić information content (AvgIpc) is 3.73. The standard InChI is InChI=1S/C49H31N/c1-2-14-36-33(11-1)29-45-37(20-10-21-38(36)45)34-24-26-49-47(30-34)44-19-7-8-22-48(44)50(49)35-13-9-12-31(27-35)32-23-25-43-41-17-4-3-15-39(41)40-16-5-6-18-42(40)46(43)28-32/h1-28,30H,29H2. The van der Waals surface area contributed by atoms with Crippen LogP contribution in [-0.2, 0) is 6.42 Å². The Morgan fingerprint density at radius 1 is 0.320 bits per heavy atom. The van der Waals surface area contributed by atoms with Gasteiger partial charge in [0.1, 0.15) is 0 Å². The van der Waals surface area contributed by atoms with Crippen molar-refractivity contribution >= 4 is 54.1 Å². The number of hydrogen-bond acceptors (Lipinski definition) is 0. The second-order valence-corrected chi connectivity index (χ2v) is 13.7. The number of para-hydroxylation sites is 1. The minimum atomic E-state index is 0.981. The highest BCUT2D eigenvalue weighted by Gasteiger charge is 2.22. The summed E-state index contributed by atoms with van der Waals surface area (Å²) in [7, 11) is 0. The fraction of sp³-hybridized carbons (Fsp3) is 0.0204. The van der Waals surface area contributed by atoms with Gasteiger partial charge >= 0.3 is 0 Å². The van der Waals surface area contributed by atoms with Crippen LogP contribution in [0.2, 0.25) is 0 Å². The lowest BCUT2D eigenvalue weighted by molar-refractivity contribution is 1.18. The van der Waals surface area contributed by atoms with Crippen LogP contribution in [0, 0.1) is 0 Å². The Bertz CT molecular complexity index is 2980. The van der Waals surface area contributed by atoms with Crippen molar-refractivity contribution in [2.75, 3.05) is 0 Å². The van der Waals surface area contributed by atoms with E-state index in [9.17, 15) is 0 Å². The second kappa shape index (κ2) is 10.5. The highest BCUT2D eigenvalue weighted by atomic mass is 15.0. The molecule has 50 heavy (non-hydrogen) atoms. The van der Waals surface area contributed by atoms with Crippen LogP contribution in [0.3, 0.4) is 0 Å². The van der Waals surface area contributed by atoms with Crippen LogP contribution < -0.4 is 0 Å². The molecule has 232 valence electrons. The Kier molecular flexibility index (Phi) is 5.79. The summed E-state index contributed by atoms with van der Waals surface area (Å²) in [5.41, 5.74) is 14.2. The fourth-order valence-electron chi connectivity index (χ4n) is 8.76. The van der Waals surface area contributed by atoms with Crippen LogP contribution in [0.1, 0.15) is 11.1 Å². The zero-order valence-corrected chi connectivity index (χ0v) is 27.4. The summed E-state index contributed by atoms with van der Waals surface area (Å²) < 4.78 is 2.44. The van der Waals surface area contributed by atoms with Gasteiger partial charge in [-0.3, -0.25) is 0 Å². The molecule has 0 saturated heterocycles. The van der Waals surface area contributed by atoms with E-state index >= 15 is 0 Å². The summed E-state index contributed by atoms with van der Waals surface area (Å²) in [5, 5.41) is 10.3. The van der Waals surface area contributed by atoms with Gasteiger partial charge in [0.05, 0.1) is 11.0 Å². The Morgan fingerprint density at radius 2 is 0.880 bits per heavy atom. The molecule has 0 aliphatic heterocycles. The number of fused-ring (bicyclic) bond motifs is 12. The third-order valence-electron chi connectivity index (χ3n) is 11.0. The molecule has 0 fully saturated rings. The van der Waals surface area contributed by atoms with Gasteiger partial charge in [-0.05, 0) is 120 Å². The summed E-state index contributed by atoms with van der Waals surface area (Å²) >= 11 is 0. The van der Waals surface area contributed by atoms with Crippen LogP contribution >= 0.6 is 0 Å². The molecule has 0 N–H and O–H groups in total. The maximum Gasteiger partial charge on any atom is 0.0541 e. The van der Waals surface area contributed by atoms with Gasteiger partial charge in [-0.15, -0.1) is 0 Å². The maximum absolute atomic E-state index is 2.44. The topological polar surface area (TPSA) is 4.93 Å².